The van der Waals surface area contributed by atoms with Crippen molar-refractivity contribution in [3.8, 4) is 5.75 Å². The minimum atomic E-state index is -1.16. The van der Waals surface area contributed by atoms with Gasteiger partial charge in [0, 0.05) is 6.07 Å². The number of halogens is 2. The van der Waals surface area contributed by atoms with E-state index in [2.05, 4.69) is 0 Å². The monoisotopic (exact) mass is 354 g/mol. The summed E-state index contributed by atoms with van der Waals surface area (Å²) in [5.41, 5.74) is -0.734. The van der Waals surface area contributed by atoms with Crippen LogP contribution in [0, 0.1) is 11.6 Å². The van der Waals surface area contributed by atoms with E-state index in [0.29, 0.717) is 0 Å². The van der Waals surface area contributed by atoms with E-state index in [4.69, 9.17) is 14.3 Å². The van der Waals surface area contributed by atoms with Gasteiger partial charge < -0.3 is 19.4 Å². The van der Waals surface area contributed by atoms with Gasteiger partial charge in [0.1, 0.15) is 12.4 Å². The molecule has 0 spiro atoms. The van der Waals surface area contributed by atoms with Crippen LogP contribution in [0.25, 0.3) is 0 Å². The normalized spacial score (nSPS) is 12.0. The number of rotatable bonds is 6. The topological polar surface area (TPSA) is 97.0 Å². The van der Waals surface area contributed by atoms with Crippen LogP contribution in [0.3, 0.4) is 0 Å². The first-order valence-corrected chi connectivity index (χ1v) is 7.44. The van der Waals surface area contributed by atoms with E-state index in [1.807, 2.05) is 0 Å². The van der Waals surface area contributed by atoms with Gasteiger partial charge in [-0.15, -0.1) is 0 Å². The number of carbonyl (C=O) groups is 1. The largest absolute Gasteiger partial charge is 0.502 e. The molecular weight excluding hydrogens is 338 g/mol. The maximum Gasteiger partial charge on any atom is 0.306 e. The molecule has 0 bridgehead atoms. The van der Waals surface area contributed by atoms with Crippen LogP contribution in [0.4, 0.5) is 8.78 Å². The Bertz CT molecular complexity index is 830. The van der Waals surface area contributed by atoms with Crippen LogP contribution in [0.5, 0.6) is 5.75 Å². The van der Waals surface area contributed by atoms with Crippen LogP contribution in [0.2, 0.25) is 0 Å². The van der Waals surface area contributed by atoms with E-state index < -0.39 is 41.3 Å². The highest BCUT2D eigenvalue weighted by molar-refractivity contribution is 5.71. The molecule has 1 unspecified atom stereocenters. The lowest BCUT2D eigenvalue weighted by atomic mass is 9.92. The Morgan fingerprint density at radius 2 is 2.00 bits per heavy atom. The summed E-state index contributed by atoms with van der Waals surface area (Å²) in [5, 5.41) is 19.2. The summed E-state index contributed by atoms with van der Waals surface area (Å²) in [6, 6.07) is 3.79. The molecule has 0 radical (unpaired) electrons. The molecule has 8 heteroatoms. The minimum Gasteiger partial charge on any atom is -0.502 e. The van der Waals surface area contributed by atoms with Gasteiger partial charge in [-0.3, -0.25) is 9.59 Å². The Kier molecular flexibility index (Phi) is 5.87. The molecule has 6 nitrogen and oxygen atoms in total. The SMILES string of the molecule is CCOC(=O)CC(c1ccc(F)c(F)c1)c1oc(CO)cc(=O)c1O. The Morgan fingerprint density at radius 3 is 2.60 bits per heavy atom. The van der Waals surface area contributed by atoms with Crippen LogP contribution in [0.1, 0.15) is 36.3 Å². The van der Waals surface area contributed by atoms with E-state index in [1.54, 1.807) is 6.92 Å². The molecule has 2 aromatic rings. The number of hydrogen-bond donors (Lipinski definition) is 2. The van der Waals surface area contributed by atoms with Gasteiger partial charge in [-0.25, -0.2) is 8.78 Å². The summed E-state index contributed by atoms with van der Waals surface area (Å²) in [7, 11) is 0. The van der Waals surface area contributed by atoms with Crippen LogP contribution in [-0.4, -0.2) is 22.8 Å². The molecule has 0 saturated heterocycles. The van der Waals surface area contributed by atoms with Gasteiger partial charge in [0.05, 0.1) is 18.9 Å². The average Bonchev–Trinajstić information content (AvgIpc) is 2.58. The van der Waals surface area contributed by atoms with Crippen molar-refractivity contribution in [2.45, 2.75) is 25.9 Å². The summed E-state index contributed by atoms with van der Waals surface area (Å²) >= 11 is 0. The molecule has 0 amide bonds. The van der Waals surface area contributed by atoms with Crippen molar-refractivity contribution in [1.29, 1.82) is 0 Å². The first-order chi connectivity index (χ1) is 11.9. The third kappa shape index (κ3) is 4.21. The third-order valence-electron chi connectivity index (χ3n) is 3.49. The van der Waals surface area contributed by atoms with Crippen molar-refractivity contribution in [1.82, 2.24) is 0 Å². The zero-order valence-corrected chi connectivity index (χ0v) is 13.3. The van der Waals surface area contributed by atoms with E-state index in [0.717, 1.165) is 18.2 Å². The number of aliphatic hydroxyl groups is 1. The third-order valence-corrected chi connectivity index (χ3v) is 3.49. The summed E-state index contributed by atoms with van der Waals surface area (Å²) in [5.74, 6) is -5.30. The molecule has 0 aliphatic rings. The molecule has 0 aliphatic carbocycles. The Labute approximate surface area is 141 Å². The Hall–Kier alpha value is -2.74. The summed E-state index contributed by atoms with van der Waals surface area (Å²) in [6.07, 6.45) is -0.385. The molecule has 25 heavy (non-hydrogen) atoms. The number of ether oxygens (including phenoxy) is 1. The molecule has 0 fully saturated rings. The second kappa shape index (κ2) is 7.89. The van der Waals surface area contributed by atoms with Crippen molar-refractivity contribution in [2.75, 3.05) is 6.61 Å². The first-order valence-electron chi connectivity index (χ1n) is 7.44. The van der Waals surface area contributed by atoms with Crippen molar-refractivity contribution in [3.63, 3.8) is 0 Å². The van der Waals surface area contributed by atoms with Crippen molar-refractivity contribution < 1.29 is 32.9 Å². The number of hydrogen-bond acceptors (Lipinski definition) is 6. The van der Waals surface area contributed by atoms with Crippen molar-refractivity contribution in [3.05, 3.63) is 63.2 Å². The van der Waals surface area contributed by atoms with Gasteiger partial charge in [0.25, 0.3) is 0 Å². The second-order valence-electron chi connectivity index (χ2n) is 5.18. The van der Waals surface area contributed by atoms with Crippen LogP contribution in [0.15, 0.2) is 33.5 Å². The van der Waals surface area contributed by atoms with Gasteiger partial charge in [-0.05, 0) is 24.6 Å². The second-order valence-corrected chi connectivity index (χ2v) is 5.18. The molecule has 1 aromatic heterocycles. The highest BCUT2D eigenvalue weighted by Gasteiger charge is 2.27. The molecule has 0 aliphatic heterocycles. The van der Waals surface area contributed by atoms with Crippen LogP contribution >= 0.6 is 0 Å². The molecule has 2 rings (SSSR count). The number of aliphatic hydroxyl groups excluding tert-OH is 1. The zero-order chi connectivity index (χ0) is 18.6. The van der Waals surface area contributed by atoms with E-state index in [1.165, 1.54) is 6.07 Å². The van der Waals surface area contributed by atoms with E-state index >= 15 is 0 Å². The fourth-order valence-corrected chi connectivity index (χ4v) is 2.35. The average molecular weight is 354 g/mol. The molecule has 2 N–H and O–H groups in total. The van der Waals surface area contributed by atoms with Crippen LogP contribution in [-0.2, 0) is 16.1 Å². The summed E-state index contributed by atoms with van der Waals surface area (Å²) < 4.78 is 36.9. The van der Waals surface area contributed by atoms with Gasteiger partial charge in [0.15, 0.2) is 17.4 Å². The van der Waals surface area contributed by atoms with Gasteiger partial charge in [0.2, 0.25) is 11.2 Å². The summed E-state index contributed by atoms with van der Waals surface area (Å²) in [6.45, 7) is 1.07. The smallest absolute Gasteiger partial charge is 0.306 e. The van der Waals surface area contributed by atoms with E-state index in [9.17, 15) is 23.5 Å². The van der Waals surface area contributed by atoms with Crippen molar-refractivity contribution >= 4 is 5.97 Å². The fourth-order valence-electron chi connectivity index (χ4n) is 2.35. The molecular formula is C17H16F2O6. The van der Waals surface area contributed by atoms with E-state index in [-0.39, 0.29) is 30.1 Å². The quantitative estimate of drug-likeness (QED) is 0.772. The predicted molar refractivity (Wildman–Crippen MR) is 82.0 cm³/mol. The molecule has 1 heterocycles. The fraction of sp³-hybridized carbons (Fsp3) is 0.294. The Morgan fingerprint density at radius 1 is 1.28 bits per heavy atom. The maximum atomic E-state index is 13.6. The minimum absolute atomic E-state index is 0.0932. The number of carbonyl (C=O) groups excluding carboxylic acids is 1. The molecule has 1 atom stereocenters. The molecule has 0 saturated carbocycles. The Balaban J connectivity index is 2.58. The first kappa shape index (κ1) is 18.6. The molecule has 1 aromatic carbocycles. The maximum absolute atomic E-state index is 13.6. The molecule has 134 valence electrons. The predicted octanol–water partition coefficient (Wildman–Crippen LogP) is 2.20. The van der Waals surface area contributed by atoms with Gasteiger partial charge in [-0.2, -0.15) is 0 Å². The van der Waals surface area contributed by atoms with Gasteiger partial charge in [-0.1, -0.05) is 6.07 Å². The van der Waals surface area contributed by atoms with Crippen LogP contribution < -0.4 is 5.43 Å². The summed E-state index contributed by atoms with van der Waals surface area (Å²) in [4.78, 5) is 23.7. The van der Waals surface area contributed by atoms with Gasteiger partial charge >= 0.3 is 5.97 Å². The lowest BCUT2D eigenvalue weighted by molar-refractivity contribution is -0.143. The number of benzene rings is 1. The zero-order valence-electron chi connectivity index (χ0n) is 13.3. The number of esters is 1. The number of aromatic hydroxyl groups is 1. The lowest BCUT2D eigenvalue weighted by Crippen LogP contribution is -2.15. The standard InChI is InChI=1S/C17H16F2O6/c1-2-24-15(22)7-11(9-3-4-12(18)13(19)5-9)17-16(23)14(21)6-10(8-20)25-17/h3-6,11,20,23H,2,7-8H2,1H3. The van der Waals surface area contributed by atoms with Crippen molar-refractivity contribution in [2.24, 2.45) is 0 Å². The highest BCUT2D eigenvalue weighted by atomic mass is 19.2. The lowest BCUT2D eigenvalue weighted by Gasteiger charge is -2.17. The highest BCUT2D eigenvalue weighted by Crippen LogP contribution is 2.34.